The number of hydrogen-bond donors (Lipinski definition) is 4. The highest BCUT2D eigenvalue weighted by Gasteiger charge is 2.32. The molecule has 4 N–H and O–H groups in total. The second-order valence-corrected chi connectivity index (χ2v) is 14.5. The van der Waals surface area contributed by atoms with E-state index in [1.54, 1.807) is 24.4 Å². The number of aliphatic hydroxyl groups is 1. The Hall–Kier alpha value is -5.24. The zero-order chi connectivity index (χ0) is 38.2. The van der Waals surface area contributed by atoms with E-state index in [0.717, 1.165) is 35.2 Å². The Bertz CT molecular complexity index is 2160. The Morgan fingerprint density at radius 2 is 1.67 bits per heavy atom. The van der Waals surface area contributed by atoms with Crippen LogP contribution in [0.2, 0.25) is 5.02 Å². The van der Waals surface area contributed by atoms with E-state index in [2.05, 4.69) is 84.1 Å². The largest absolute Gasteiger partial charge is 0.488 e. The monoisotopic (exact) mass is 744 g/mol. The summed E-state index contributed by atoms with van der Waals surface area (Å²) in [6.07, 6.45) is 6.62. The molecule has 9 nitrogen and oxygen atoms in total. The van der Waals surface area contributed by atoms with Gasteiger partial charge in [-0.25, -0.2) is 0 Å². The minimum atomic E-state index is -1.58. The highest BCUT2D eigenvalue weighted by Crippen LogP contribution is 2.37. The number of ether oxygens (including phenoxy) is 2. The summed E-state index contributed by atoms with van der Waals surface area (Å²) in [5, 5.41) is 35.6. The number of nitrogens with zero attached hydrogens (tertiary/aromatic N) is 2. The van der Waals surface area contributed by atoms with Crippen molar-refractivity contribution in [3.8, 4) is 39.8 Å². The number of aliphatic hydroxyl groups excluding tert-OH is 1. The van der Waals surface area contributed by atoms with Gasteiger partial charge in [-0.05, 0) is 103 Å². The summed E-state index contributed by atoms with van der Waals surface area (Å²) in [5.41, 5.74) is 9.37. The average molecular weight is 745 g/mol. The summed E-state index contributed by atoms with van der Waals surface area (Å²) in [4.78, 5) is 15.9. The number of nitriles is 1. The maximum atomic E-state index is 11.8. The second-order valence-electron chi connectivity index (χ2n) is 14.1. The first-order valence-electron chi connectivity index (χ1n) is 18.1. The molecule has 1 saturated heterocycles. The fourth-order valence-corrected chi connectivity index (χ4v) is 7.04. The molecular formula is C44H45ClN4O5. The van der Waals surface area contributed by atoms with Crippen LogP contribution in [0.25, 0.3) is 22.3 Å². The lowest BCUT2D eigenvalue weighted by Crippen LogP contribution is -2.52. The number of carboxylic acids is 1. The molecule has 54 heavy (non-hydrogen) atoms. The van der Waals surface area contributed by atoms with E-state index in [1.165, 1.54) is 48.2 Å². The van der Waals surface area contributed by atoms with Crippen LogP contribution in [0.1, 0.15) is 58.7 Å². The molecule has 2 heterocycles. The van der Waals surface area contributed by atoms with Crippen molar-refractivity contribution in [1.29, 1.82) is 5.26 Å². The Kier molecular flexibility index (Phi) is 12.3. The summed E-state index contributed by atoms with van der Waals surface area (Å²) in [7, 11) is 0. The summed E-state index contributed by atoms with van der Waals surface area (Å²) in [6, 6.07) is 29.3. The third-order valence-corrected chi connectivity index (χ3v) is 10.5. The van der Waals surface area contributed by atoms with Gasteiger partial charge in [0.15, 0.2) is 0 Å². The molecule has 5 aromatic rings. The maximum Gasteiger partial charge on any atom is 0.326 e. The second kappa shape index (κ2) is 17.3. The fourth-order valence-electron chi connectivity index (χ4n) is 6.80. The van der Waals surface area contributed by atoms with Gasteiger partial charge in [-0.1, -0.05) is 72.3 Å². The minimum absolute atomic E-state index is 0.0385. The number of benzene rings is 4. The molecule has 0 radical (unpaired) electrons. The van der Waals surface area contributed by atoms with Crippen molar-refractivity contribution >= 4 is 17.6 Å². The van der Waals surface area contributed by atoms with Crippen LogP contribution in [0.15, 0.2) is 91.3 Å². The smallest absolute Gasteiger partial charge is 0.326 e. The summed E-state index contributed by atoms with van der Waals surface area (Å²) >= 11 is 6.76. The Morgan fingerprint density at radius 3 is 2.37 bits per heavy atom. The van der Waals surface area contributed by atoms with E-state index in [0.29, 0.717) is 39.3 Å². The van der Waals surface area contributed by atoms with E-state index >= 15 is 0 Å². The lowest BCUT2D eigenvalue weighted by Gasteiger charge is -2.25. The van der Waals surface area contributed by atoms with Crippen LogP contribution in [0.4, 0.5) is 0 Å². The minimum Gasteiger partial charge on any atom is -0.488 e. The Labute approximate surface area is 321 Å². The average Bonchev–Trinajstić information content (AvgIpc) is 3.70. The predicted octanol–water partition coefficient (Wildman–Crippen LogP) is 7.94. The molecule has 2 unspecified atom stereocenters. The SMILES string of the molecule is Cc1c(COc2cc(OCc3cncc(C#N)c3)c(CNC(C)(CO)C(=O)O)cc2Cl)cccc1-c1cccc(-c2ccc(CC3CCCN3)cc2)c1C. The van der Waals surface area contributed by atoms with Gasteiger partial charge in [-0.2, -0.15) is 5.26 Å². The number of pyridine rings is 1. The van der Waals surface area contributed by atoms with E-state index < -0.39 is 18.1 Å². The molecule has 4 aromatic carbocycles. The molecule has 1 fully saturated rings. The number of aliphatic carboxylic acids is 1. The summed E-state index contributed by atoms with van der Waals surface area (Å²) in [5.74, 6) is -0.410. The van der Waals surface area contributed by atoms with Gasteiger partial charge in [0.25, 0.3) is 0 Å². The molecule has 1 aliphatic heterocycles. The van der Waals surface area contributed by atoms with Gasteiger partial charge in [0, 0.05) is 42.2 Å². The van der Waals surface area contributed by atoms with Gasteiger partial charge in [-0.3, -0.25) is 15.1 Å². The van der Waals surface area contributed by atoms with Crippen molar-refractivity contribution in [2.24, 2.45) is 0 Å². The van der Waals surface area contributed by atoms with Crippen molar-refractivity contribution in [1.82, 2.24) is 15.6 Å². The molecule has 278 valence electrons. The number of aromatic nitrogens is 1. The Morgan fingerprint density at radius 1 is 0.944 bits per heavy atom. The first-order chi connectivity index (χ1) is 26.1. The number of halogens is 1. The van der Waals surface area contributed by atoms with Crippen LogP contribution in [0, 0.1) is 25.2 Å². The maximum absolute atomic E-state index is 11.8. The Balaban J connectivity index is 1.22. The van der Waals surface area contributed by atoms with Crippen molar-refractivity contribution in [3.05, 3.63) is 135 Å². The van der Waals surface area contributed by atoms with Crippen molar-refractivity contribution < 1.29 is 24.5 Å². The van der Waals surface area contributed by atoms with Gasteiger partial charge in [0.05, 0.1) is 17.2 Å². The molecule has 0 spiro atoms. The molecule has 2 atom stereocenters. The molecule has 10 heteroatoms. The fraction of sp³-hybridized carbons (Fsp3) is 0.295. The van der Waals surface area contributed by atoms with Crippen LogP contribution in [-0.4, -0.2) is 45.9 Å². The first kappa shape index (κ1) is 38.5. The molecule has 0 aliphatic carbocycles. The number of carbonyl (C=O) groups is 1. The lowest BCUT2D eigenvalue weighted by molar-refractivity contribution is -0.145. The molecule has 0 saturated carbocycles. The van der Waals surface area contributed by atoms with Crippen LogP contribution in [0.5, 0.6) is 11.5 Å². The standard InChI is InChI=1S/C44H45ClN4O5/c1-28-34(7-4-10-38(28)39-11-5-9-37(29(39)2)33-14-12-30(13-15-33)18-36-8-6-16-48-36)26-54-42-20-41(53-25-32-17-31(21-46)22-47-23-32)35(19-40(42)45)24-49-44(3,27-50)43(51)52/h4-5,7,9-15,17,19-20,22-23,36,48-50H,6,8,16,18,24-27H2,1-3H3,(H,51,52). The van der Waals surface area contributed by atoms with Crippen LogP contribution >= 0.6 is 11.6 Å². The predicted molar refractivity (Wildman–Crippen MR) is 211 cm³/mol. The molecule has 0 bridgehead atoms. The quantitative estimate of drug-likeness (QED) is 0.0842. The van der Waals surface area contributed by atoms with E-state index in [9.17, 15) is 20.3 Å². The molecule has 1 aliphatic rings. The molecular weight excluding hydrogens is 700 g/mol. The van der Waals surface area contributed by atoms with Crippen molar-refractivity contribution in [2.45, 2.75) is 71.4 Å². The van der Waals surface area contributed by atoms with Gasteiger partial charge < -0.3 is 25.0 Å². The molecule has 0 amide bonds. The zero-order valence-corrected chi connectivity index (χ0v) is 31.5. The highest BCUT2D eigenvalue weighted by atomic mass is 35.5. The van der Waals surface area contributed by atoms with Gasteiger partial charge in [0.1, 0.15) is 36.3 Å². The number of nitrogens with one attached hydrogen (secondary N) is 2. The van der Waals surface area contributed by atoms with Crippen molar-refractivity contribution in [2.75, 3.05) is 13.2 Å². The van der Waals surface area contributed by atoms with Gasteiger partial charge >= 0.3 is 5.97 Å². The summed E-state index contributed by atoms with van der Waals surface area (Å²) in [6.45, 7) is 6.53. The third kappa shape index (κ3) is 8.92. The van der Waals surface area contributed by atoms with E-state index in [-0.39, 0.29) is 19.8 Å². The summed E-state index contributed by atoms with van der Waals surface area (Å²) < 4.78 is 12.5. The number of carboxylic acid groups (broad SMARTS) is 1. The van der Waals surface area contributed by atoms with Crippen LogP contribution in [-0.2, 0) is 31.0 Å². The first-order valence-corrected chi connectivity index (χ1v) is 18.5. The zero-order valence-electron chi connectivity index (χ0n) is 30.8. The van der Waals surface area contributed by atoms with Crippen LogP contribution < -0.4 is 20.1 Å². The third-order valence-electron chi connectivity index (χ3n) is 10.3. The number of rotatable bonds is 15. The van der Waals surface area contributed by atoms with E-state index in [4.69, 9.17) is 21.1 Å². The van der Waals surface area contributed by atoms with Gasteiger partial charge in [-0.15, -0.1) is 0 Å². The van der Waals surface area contributed by atoms with Crippen molar-refractivity contribution in [3.63, 3.8) is 0 Å². The highest BCUT2D eigenvalue weighted by molar-refractivity contribution is 6.32. The lowest BCUT2D eigenvalue weighted by atomic mass is 9.89. The topological polar surface area (TPSA) is 137 Å². The van der Waals surface area contributed by atoms with Gasteiger partial charge in [0.2, 0.25) is 0 Å². The number of hydrogen-bond acceptors (Lipinski definition) is 8. The van der Waals surface area contributed by atoms with Crippen LogP contribution in [0.3, 0.4) is 0 Å². The molecule has 1 aromatic heterocycles. The van der Waals surface area contributed by atoms with E-state index in [1.807, 2.05) is 12.1 Å². The molecule has 6 rings (SSSR count). The normalized spacial score (nSPS) is 15.0.